The van der Waals surface area contributed by atoms with E-state index in [1.165, 1.54) is 0 Å². The van der Waals surface area contributed by atoms with E-state index in [4.69, 9.17) is 9.47 Å². The molecule has 1 atom stereocenters. The Kier molecular flexibility index (Phi) is 6.08. The van der Waals surface area contributed by atoms with Crippen LogP contribution in [0, 0.1) is 0 Å². The zero-order valence-corrected chi connectivity index (χ0v) is 15.6. The van der Waals surface area contributed by atoms with Crippen molar-refractivity contribution in [2.75, 3.05) is 32.1 Å². The quantitative estimate of drug-likeness (QED) is 0.881. The Balaban J connectivity index is 1.62. The summed E-state index contributed by atoms with van der Waals surface area (Å²) < 4.78 is 10.6. The molecule has 1 aliphatic heterocycles. The number of benzene rings is 2. The Morgan fingerprint density at radius 3 is 2.70 bits per heavy atom. The second-order valence-electron chi connectivity index (χ2n) is 6.59. The lowest BCUT2D eigenvalue weighted by atomic mass is 10.1. The number of carbonyl (C=O) groups is 2. The fraction of sp³-hybridized carbons (Fsp3) is 0.333. The minimum absolute atomic E-state index is 0.0371. The number of ether oxygens (including phenoxy) is 2. The molecule has 6 heteroatoms. The van der Waals surface area contributed by atoms with Gasteiger partial charge in [0.1, 0.15) is 5.75 Å². The van der Waals surface area contributed by atoms with E-state index in [2.05, 4.69) is 5.32 Å². The largest absolute Gasteiger partial charge is 0.497 e. The van der Waals surface area contributed by atoms with Crippen molar-refractivity contribution in [1.82, 2.24) is 4.90 Å². The minimum atomic E-state index is -0.134. The highest BCUT2D eigenvalue weighted by molar-refractivity contribution is 5.97. The van der Waals surface area contributed by atoms with Crippen molar-refractivity contribution in [2.45, 2.75) is 19.4 Å². The van der Waals surface area contributed by atoms with Crippen molar-refractivity contribution >= 4 is 17.5 Å². The Labute approximate surface area is 159 Å². The molecule has 0 radical (unpaired) electrons. The summed E-state index contributed by atoms with van der Waals surface area (Å²) in [5, 5.41) is 2.86. The molecule has 27 heavy (non-hydrogen) atoms. The molecular formula is C21H24N2O4. The number of rotatable bonds is 5. The molecule has 0 spiro atoms. The number of anilines is 1. The normalized spacial score (nSPS) is 16.7. The summed E-state index contributed by atoms with van der Waals surface area (Å²) >= 11 is 0. The molecule has 0 aromatic heterocycles. The highest BCUT2D eigenvalue weighted by Crippen LogP contribution is 2.16. The first-order valence-electron chi connectivity index (χ1n) is 8.99. The lowest BCUT2D eigenvalue weighted by Crippen LogP contribution is -2.44. The summed E-state index contributed by atoms with van der Waals surface area (Å²) in [6.07, 6.45) is 0.290. The molecule has 1 heterocycles. The maximum Gasteiger partial charge on any atom is 0.254 e. The van der Waals surface area contributed by atoms with Crippen molar-refractivity contribution in [3.05, 3.63) is 59.7 Å². The molecule has 1 aliphatic rings. The molecule has 142 valence electrons. The van der Waals surface area contributed by atoms with Gasteiger partial charge in [0.2, 0.25) is 5.91 Å². The van der Waals surface area contributed by atoms with Gasteiger partial charge in [0.15, 0.2) is 0 Å². The van der Waals surface area contributed by atoms with Crippen LogP contribution in [0.25, 0.3) is 0 Å². The number of hydrogen-bond acceptors (Lipinski definition) is 4. The predicted molar refractivity (Wildman–Crippen MR) is 103 cm³/mol. The maximum atomic E-state index is 12.7. The van der Waals surface area contributed by atoms with Gasteiger partial charge in [0, 0.05) is 24.3 Å². The van der Waals surface area contributed by atoms with E-state index < -0.39 is 0 Å². The van der Waals surface area contributed by atoms with Gasteiger partial charge in [-0.2, -0.15) is 0 Å². The SMILES string of the molecule is COc1ccc(CC(=O)Nc2cccc(C(=O)N3CCOC(C)C3)c2)cc1. The van der Waals surface area contributed by atoms with Crippen LogP contribution in [-0.4, -0.2) is 49.6 Å². The fourth-order valence-corrected chi connectivity index (χ4v) is 3.05. The molecule has 2 amide bonds. The van der Waals surface area contributed by atoms with Gasteiger partial charge in [-0.15, -0.1) is 0 Å². The van der Waals surface area contributed by atoms with Gasteiger partial charge in [-0.05, 0) is 42.8 Å². The van der Waals surface area contributed by atoms with Crippen LogP contribution in [0.4, 0.5) is 5.69 Å². The van der Waals surface area contributed by atoms with E-state index in [1.54, 1.807) is 36.3 Å². The van der Waals surface area contributed by atoms with Crippen LogP contribution >= 0.6 is 0 Å². The van der Waals surface area contributed by atoms with E-state index in [1.807, 2.05) is 31.2 Å². The standard InChI is InChI=1S/C21H24N2O4/c1-15-14-23(10-11-27-15)21(25)17-4-3-5-18(13-17)22-20(24)12-16-6-8-19(26-2)9-7-16/h3-9,13,15H,10-12,14H2,1-2H3,(H,22,24). The molecular weight excluding hydrogens is 344 g/mol. The Hall–Kier alpha value is -2.86. The van der Waals surface area contributed by atoms with Gasteiger partial charge >= 0.3 is 0 Å². The highest BCUT2D eigenvalue weighted by atomic mass is 16.5. The summed E-state index contributed by atoms with van der Waals surface area (Å²) in [5.41, 5.74) is 2.06. The third-order valence-corrected chi connectivity index (χ3v) is 4.45. The van der Waals surface area contributed by atoms with Crippen LogP contribution in [0.2, 0.25) is 0 Å². The zero-order valence-electron chi connectivity index (χ0n) is 15.6. The van der Waals surface area contributed by atoms with Crippen molar-refractivity contribution < 1.29 is 19.1 Å². The van der Waals surface area contributed by atoms with Gasteiger partial charge in [-0.25, -0.2) is 0 Å². The topological polar surface area (TPSA) is 67.9 Å². The lowest BCUT2D eigenvalue weighted by Gasteiger charge is -2.31. The second-order valence-corrected chi connectivity index (χ2v) is 6.59. The van der Waals surface area contributed by atoms with Crippen molar-refractivity contribution in [3.8, 4) is 5.75 Å². The van der Waals surface area contributed by atoms with Crippen LogP contribution in [0.3, 0.4) is 0 Å². The molecule has 0 aliphatic carbocycles. The van der Waals surface area contributed by atoms with E-state index in [-0.39, 0.29) is 24.3 Å². The van der Waals surface area contributed by atoms with E-state index in [0.29, 0.717) is 30.9 Å². The Morgan fingerprint density at radius 2 is 2.00 bits per heavy atom. The lowest BCUT2D eigenvalue weighted by molar-refractivity contribution is -0.115. The summed E-state index contributed by atoms with van der Waals surface area (Å²) in [6, 6.07) is 14.4. The van der Waals surface area contributed by atoms with Crippen molar-refractivity contribution in [2.24, 2.45) is 0 Å². The summed E-state index contributed by atoms with van der Waals surface area (Å²) in [6.45, 7) is 3.66. The monoisotopic (exact) mass is 368 g/mol. The van der Waals surface area contributed by atoms with Crippen LogP contribution < -0.4 is 10.1 Å². The molecule has 1 saturated heterocycles. The molecule has 2 aromatic rings. The second kappa shape index (κ2) is 8.68. The Bertz CT molecular complexity index is 804. The average Bonchev–Trinajstić information content (AvgIpc) is 2.68. The molecule has 6 nitrogen and oxygen atoms in total. The number of methoxy groups -OCH3 is 1. The molecule has 3 rings (SSSR count). The van der Waals surface area contributed by atoms with Gasteiger partial charge in [-0.1, -0.05) is 18.2 Å². The molecule has 2 aromatic carbocycles. The predicted octanol–water partition coefficient (Wildman–Crippen LogP) is 2.74. The first kappa shape index (κ1) is 18.9. The number of carbonyl (C=O) groups excluding carboxylic acids is 2. The van der Waals surface area contributed by atoms with Crippen LogP contribution in [0.15, 0.2) is 48.5 Å². The molecule has 1 N–H and O–H groups in total. The molecule has 0 saturated carbocycles. The smallest absolute Gasteiger partial charge is 0.254 e. The Morgan fingerprint density at radius 1 is 1.22 bits per heavy atom. The number of nitrogens with zero attached hydrogens (tertiary/aromatic N) is 1. The number of morpholine rings is 1. The highest BCUT2D eigenvalue weighted by Gasteiger charge is 2.22. The molecule has 1 fully saturated rings. The minimum Gasteiger partial charge on any atom is -0.497 e. The van der Waals surface area contributed by atoms with Crippen molar-refractivity contribution in [3.63, 3.8) is 0 Å². The zero-order chi connectivity index (χ0) is 19.2. The van der Waals surface area contributed by atoms with Gasteiger partial charge in [0.25, 0.3) is 5.91 Å². The number of hydrogen-bond donors (Lipinski definition) is 1. The summed E-state index contributed by atoms with van der Waals surface area (Å²) in [5.74, 6) is 0.573. The third kappa shape index (κ3) is 5.08. The molecule has 1 unspecified atom stereocenters. The average molecular weight is 368 g/mol. The van der Waals surface area contributed by atoms with E-state index in [0.717, 1.165) is 11.3 Å². The summed E-state index contributed by atoms with van der Waals surface area (Å²) in [4.78, 5) is 26.8. The van der Waals surface area contributed by atoms with Gasteiger partial charge in [-0.3, -0.25) is 9.59 Å². The van der Waals surface area contributed by atoms with Crippen molar-refractivity contribution in [1.29, 1.82) is 0 Å². The first-order valence-corrected chi connectivity index (χ1v) is 8.99. The third-order valence-electron chi connectivity index (χ3n) is 4.45. The van der Waals surface area contributed by atoms with Crippen LogP contribution in [0.5, 0.6) is 5.75 Å². The fourth-order valence-electron chi connectivity index (χ4n) is 3.05. The first-order chi connectivity index (χ1) is 13.0. The number of amides is 2. The van der Waals surface area contributed by atoms with E-state index in [9.17, 15) is 9.59 Å². The van der Waals surface area contributed by atoms with Crippen LogP contribution in [0.1, 0.15) is 22.8 Å². The maximum absolute atomic E-state index is 12.7. The summed E-state index contributed by atoms with van der Waals surface area (Å²) in [7, 11) is 1.60. The van der Waals surface area contributed by atoms with E-state index >= 15 is 0 Å². The van der Waals surface area contributed by atoms with Gasteiger partial charge < -0.3 is 19.7 Å². The van der Waals surface area contributed by atoms with Gasteiger partial charge in [0.05, 0.1) is 26.2 Å². The molecule has 0 bridgehead atoms. The number of nitrogens with one attached hydrogen (secondary N) is 1. The van der Waals surface area contributed by atoms with Crippen LogP contribution in [-0.2, 0) is 16.0 Å².